The molecule has 3 rings (SSSR count). The van der Waals surface area contributed by atoms with Gasteiger partial charge in [-0.05, 0) is 54.3 Å². The lowest BCUT2D eigenvalue weighted by Gasteiger charge is -2.19. The molecule has 0 radical (unpaired) electrons. The number of hydrogen-bond donors (Lipinski definition) is 0. The van der Waals surface area contributed by atoms with E-state index in [2.05, 4.69) is 9.98 Å². The van der Waals surface area contributed by atoms with Crippen LogP contribution in [0.4, 0.5) is 5.69 Å². The molecular formula is C17H14ClN3O2. The summed E-state index contributed by atoms with van der Waals surface area (Å²) in [4.78, 5) is 19.0. The van der Waals surface area contributed by atoms with Crippen molar-refractivity contribution in [2.75, 3.05) is 0 Å². The predicted molar refractivity (Wildman–Crippen MR) is 90.7 cm³/mol. The van der Waals surface area contributed by atoms with Crippen LogP contribution in [0.1, 0.15) is 24.0 Å². The fourth-order valence-corrected chi connectivity index (χ4v) is 2.68. The highest BCUT2D eigenvalue weighted by atomic mass is 35.5. The molecule has 1 aliphatic heterocycles. The zero-order valence-electron chi connectivity index (χ0n) is 12.2. The van der Waals surface area contributed by atoms with Crippen molar-refractivity contribution in [3.8, 4) is 0 Å². The monoisotopic (exact) mass is 327 g/mol. The summed E-state index contributed by atoms with van der Waals surface area (Å²) in [7, 11) is 0. The minimum Gasteiger partial charge on any atom is -0.265 e. The molecule has 0 N–H and O–H groups in total. The molecule has 1 atom stereocenters. The van der Waals surface area contributed by atoms with E-state index in [1.807, 2.05) is 18.2 Å². The van der Waals surface area contributed by atoms with Gasteiger partial charge in [-0.25, -0.2) is 0 Å². The van der Waals surface area contributed by atoms with Gasteiger partial charge in [0, 0.05) is 30.1 Å². The molecule has 0 saturated heterocycles. The number of allylic oxidation sites excluding steroid dienone is 1. The van der Waals surface area contributed by atoms with Crippen molar-refractivity contribution in [3.63, 3.8) is 0 Å². The highest BCUT2D eigenvalue weighted by Crippen LogP contribution is 2.27. The Morgan fingerprint density at radius 3 is 2.70 bits per heavy atom. The number of nitro groups is 1. The lowest BCUT2D eigenvalue weighted by Crippen LogP contribution is -2.15. The summed E-state index contributed by atoms with van der Waals surface area (Å²) in [5.41, 5.74) is 3.56. The summed E-state index contributed by atoms with van der Waals surface area (Å²) in [6, 6.07) is 10.3. The van der Waals surface area contributed by atoms with Crippen molar-refractivity contribution in [1.82, 2.24) is 4.98 Å². The molecule has 116 valence electrons. The quantitative estimate of drug-likeness (QED) is 0.367. The fourth-order valence-electron chi connectivity index (χ4n) is 2.48. The van der Waals surface area contributed by atoms with Crippen LogP contribution in [0, 0.1) is 10.1 Å². The molecule has 0 bridgehead atoms. The van der Waals surface area contributed by atoms with E-state index < -0.39 is 4.92 Å². The number of hydrogen-bond acceptors (Lipinski definition) is 4. The maximum Gasteiger partial charge on any atom is 0.269 e. The van der Waals surface area contributed by atoms with Gasteiger partial charge in [0.2, 0.25) is 0 Å². The summed E-state index contributed by atoms with van der Waals surface area (Å²) < 4.78 is 0. The number of aromatic nitrogens is 1. The summed E-state index contributed by atoms with van der Waals surface area (Å²) in [5.74, 6) is 0. The van der Waals surface area contributed by atoms with E-state index in [1.54, 1.807) is 24.5 Å². The normalized spacial score (nSPS) is 19.4. The average molecular weight is 328 g/mol. The number of nitrogens with zero attached hydrogens (tertiary/aromatic N) is 3. The Kier molecular flexibility index (Phi) is 4.48. The van der Waals surface area contributed by atoms with Gasteiger partial charge in [0.15, 0.2) is 0 Å². The topological polar surface area (TPSA) is 68.4 Å². The van der Waals surface area contributed by atoms with Gasteiger partial charge in [0.1, 0.15) is 5.50 Å². The smallest absolute Gasteiger partial charge is 0.265 e. The second-order valence-electron chi connectivity index (χ2n) is 5.21. The van der Waals surface area contributed by atoms with Gasteiger partial charge in [0.25, 0.3) is 5.69 Å². The average Bonchev–Trinajstić information content (AvgIpc) is 2.58. The lowest BCUT2D eigenvalue weighted by molar-refractivity contribution is -0.384. The van der Waals surface area contributed by atoms with Gasteiger partial charge in [-0.3, -0.25) is 20.1 Å². The van der Waals surface area contributed by atoms with Crippen LogP contribution in [0.5, 0.6) is 0 Å². The standard InChI is InChI=1S/C17H14ClN3O2/c18-16-8-5-13(17(20-16)14-2-1-9-19-11-14)10-12-3-6-15(7-4-12)21(22)23/h1-4,6-7,9-11,16H,5,8H2/b13-10+. The van der Waals surface area contributed by atoms with Gasteiger partial charge in [-0.15, -0.1) is 0 Å². The number of rotatable bonds is 3. The predicted octanol–water partition coefficient (Wildman–Crippen LogP) is 4.22. The van der Waals surface area contributed by atoms with Crippen LogP contribution in [-0.4, -0.2) is 21.1 Å². The summed E-state index contributed by atoms with van der Waals surface area (Å²) >= 11 is 6.18. The van der Waals surface area contributed by atoms with Gasteiger partial charge < -0.3 is 0 Å². The van der Waals surface area contributed by atoms with Crippen LogP contribution in [0.15, 0.2) is 59.4 Å². The summed E-state index contributed by atoms with van der Waals surface area (Å²) in [5, 5.41) is 10.7. The molecule has 2 heterocycles. The maximum atomic E-state index is 10.7. The Bertz CT molecular complexity index is 770. The molecule has 2 aromatic rings. The third kappa shape index (κ3) is 3.63. The Labute approximate surface area is 138 Å². The first-order valence-corrected chi connectivity index (χ1v) is 7.65. The second kappa shape index (κ2) is 6.71. The minimum atomic E-state index is -0.405. The first kappa shape index (κ1) is 15.4. The van der Waals surface area contributed by atoms with Gasteiger partial charge in [0.05, 0.1) is 10.6 Å². The van der Waals surface area contributed by atoms with Crippen molar-refractivity contribution < 1.29 is 4.92 Å². The van der Waals surface area contributed by atoms with E-state index in [4.69, 9.17) is 11.6 Å². The third-order valence-electron chi connectivity index (χ3n) is 3.61. The van der Waals surface area contributed by atoms with Crippen LogP contribution in [0.3, 0.4) is 0 Å². The SMILES string of the molecule is O=[N+]([O-])c1ccc(/C=C2\CCC(Cl)N=C2c2cccnc2)cc1. The molecule has 0 amide bonds. The molecule has 1 aliphatic rings. The Balaban J connectivity index is 1.96. The fraction of sp³-hybridized carbons (Fsp3) is 0.176. The Morgan fingerprint density at radius 1 is 1.26 bits per heavy atom. The molecule has 0 aliphatic carbocycles. The number of pyridine rings is 1. The number of benzene rings is 1. The van der Waals surface area contributed by atoms with E-state index in [-0.39, 0.29) is 11.2 Å². The molecule has 6 heteroatoms. The van der Waals surface area contributed by atoms with Crippen LogP contribution in [0.25, 0.3) is 6.08 Å². The zero-order chi connectivity index (χ0) is 16.2. The molecule has 0 spiro atoms. The molecule has 1 aromatic carbocycles. The van der Waals surface area contributed by atoms with Crippen LogP contribution >= 0.6 is 11.6 Å². The number of aliphatic imine (C=N–C) groups is 1. The molecule has 0 fully saturated rings. The highest BCUT2D eigenvalue weighted by molar-refractivity contribution is 6.24. The number of alkyl halides is 1. The third-order valence-corrected chi connectivity index (χ3v) is 3.92. The molecule has 0 saturated carbocycles. The van der Waals surface area contributed by atoms with Crippen molar-refractivity contribution in [2.45, 2.75) is 18.3 Å². The molecule has 23 heavy (non-hydrogen) atoms. The molecule has 1 aromatic heterocycles. The highest BCUT2D eigenvalue weighted by Gasteiger charge is 2.19. The van der Waals surface area contributed by atoms with Crippen LogP contribution in [-0.2, 0) is 0 Å². The van der Waals surface area contributed by atoms with E-state index in [0.29, 0.717) is 0 Å². The Hall–Kier alpha value is -2.53. The van der Waals surface area contributed by atoms with E-state index in [0.717, 1.165) is 35.3 Å². The number of halogens is 1. The molecule has 5 nitrogen and oxygen atoms in total. The number of non-ortho nitro benzene ring substituents is 1. The van der Waals surface area contributed by atoms with Crippen LogP contribution < -0.4 is 0 Å². The van der Waals surface area contributed by atoms with E-state index >= 15 is 0 Å². The largest absolute Gasteiger partial charge is 0.269 e. The second-order valence-corrected chi connectivity index (χ2v) is 5.71. The summed E-state index contributed by atoms with van der Waals surface area (Å²) in [6.45, 7) is 0. The van der Waals surface area contributed by atoms with Gasteiger partial charge in [-0.2, -0.15) is 0 Å². The zero-order valence-corrected chi connectivity index (χ0v) is 13.0. The van der Waals surface area contributed by atoms with E-state index in [9.17, 15) is 10.1 Å². The van der Waals surface area contributed by atoms with Gasteiger partial charge >= 0.3 is 0 Å². The Morgan fingerprint density at radius 2 is 2.04 bits per heavy atom. The van der Waals surface area contributed by atoms with E-state index in [1.165, 1.54) is 12.1 Å². The van der Waals surface area contributed by atoms with Gasteiger partial charge in [-0.1, -0.05) is 11.6 Å². The van der Waals surface area contributed by atoms with Crippen LogP contribution in [0.2, 0.25) is 0 Å². The molecular weight excluding hydrogens is 314 g/mol. The maximum absolute atomic E-state index is 10.7. The molecule has 1 unspecified atom stereocenters. The minimum absolute atomic E-state index is 0.0813. The lowest BCUT2D eigenvalue weighted by atomic mass is 9.95. The number of nitro benzene ring substituents is 1. The van der Waals surface area contributed by atoms with Crippen molar-refractivity contribution >= 4 is 29.1 Å². The van der Waals surface area contributed by atoms with Crippen molar-refractivity contribution in [1.29, 1.82) is 0 Å². The first-order valence-electron chi connectivity index (χ1n) is 7.21. The summed E-state index contributed by atoms with van der Waals surface area (Å²) in [6.07, 6.45) is 7.05. The van der Waals surface area contributed by atoms with Crippen molar-refractivity contribution in [2.24, 2.45) is 4.99 Å². The first-order chi connectivity index (χ1) is 11.1. The van der Waals surface area contributed by atoms with Crippen molar-refractivity contribution in [3.05, 3.63) is 75.6 Å².